The van der Waals surface area contributed by atoms with Crippen molar-refractivity contribution < 1.29 is 14.7 Å². The van der Waals surface area contributed by atoms with Crippen LogP contribution < -0.4 is 0 Å². The number of hydrogen-bond acceptors (Lipinski definition) is 5. The highest BCUT2D eigenvalue weighted by Gasteiger charge is 2.32. The van der Waals surface area contributed by atoms with E-state index in [1.807, 2.05) is 66.4 Å². The number of fused-ring (bicyclic) bond motifs is 1. The Bertz CT molecular complexity index is 1710. The molecule has 0 radical (unpaired) electrons. The lowest BCUT2D eigenvalue weighted by molar-refractivity contribution is 0.0544. The summed E-state index contributed by atoms with van der Waals surface area (Å²) in [6, 6.07) is 24.5. The molecule has 4 aromatic rings. The number of unbranched alkanes of at least 4 members (excludes halogenated alkanes) is 2. The molecule has 8 heteroatoms. The van der Waals surface area contributed by atoms with Crippen LogP contribution in [0.4, 0.5) is 0 Å². The van der Waals surface area contributed by atoms with Crippen LogP contribution in [0.2, 0.25) is 0 Å². The van der Waals surface area contributed by atoms with E-state index in [0.29, 0.717) is 48.6 Å². The van der Waals surface area contributed by atoms with Crippen molar-refractivity contribution in [2.45, 2.75) is 65.5 Å². The van der Waals surface area contributed by atoms with Gasteiger partial charge in [0.15, 0.2) is 5.69 Å². The van der Waals surface area contributed by atoms with Crippen molar-refractivity contribution in [3.05, 3.63) is 106 Å². The first-order chi connectivity index (χ1) is 21.9. The Hall–Kier alpha value is -4.74. The molecule has 0 unspecified atom stereocenters. The maximum Gasteiger partial charge on any atom is 0.274 e. The average Bonchev–Trinajstić information content (AvgIpc) is 3.47. The number of carbonyl (C=O) groups excluding carboxylic acids is 2. The summed E-state index contributed by atoms with van der Waals surface area (Å²) in [7, 11) is 0. The number of aryl methyl sites for hydroxylation is 1. The van der Waals surface area contributed by atoms with Gasteiger partial charge < -0.3 is 14.9 Å². The maximum absolute atomic E-state index is 14.5. The van der Waals surface area contributed by atoms with Gasteiger partial charge in [-0.25, -0.2) is 4.68 Å². The lowest BCUT2D eigenvalue weighted by Gasteiger charge is -2.36. The Balaban J connectivity index is 1.60. The van der Waals surface area contributed by atoms with Gasteiger partial charge >= 0.3 is 0 Å². The third kappa shape index (κ3) is 6.69. The van der Waals surface area contributed by atoms with Crippen molar-refractivity contribution in [3.63, 3.8) is 0 Å². The van der Waals surface area contributed by atoms with Gasteiger partial charge in [0.2, 0.25) is 0 Å². The van der Waals surface area contributed by atoms with Gasteiger partial charge in [-0.2, -0.15) is 10.4 Å². The highest BCUT2D eigenvalue weighted by atomic mass is 16.3. The second-order valence-corrected chi connectivity index (χ2v) is 11.7. The minimum atomic E-state index is -0.392. The molecule has 0 aliphatic carbocycles. The Morgan fingerprint density at radius 2 is 1.67 bits per heavy atom. The number of aliphatic hydroxyl groups excluding tert-OH is 1. The first-order valence-corrected chi connectivity index (χ1v) is 15.9. The van der Waals surface area contributed by atoms with Crippen LogP contribution in [0.1, 0.15) is 82.8 Å². The van der Waals surface area contributed by atoms with Crippen LogP contribution >= 0.6 is 0 Å². The van der Waals surface area contributed by atoms with Crippen LogP contribution in [0, 0.1) is 18.3 Å². The molecule has 2 amide bonds. The van der Waals surface area contributed by atoms with Gasteiger partial charge in [-0.15, -0.1) is 0 Å². The molecule has 1 aliphatic heterocycles. The van der Waals surface area contributed by atoms with E-state index in [-0.39, 0.29) is 18.4 Å². The quantitative estimate of drug-likeness (QED) is 0.216. The largest absolute Gasteiger partial charge is 0.394 e. The van der Waals surface area contributed by atoms with E-state index < -0.39 is 6.04 Å². The number of hydrogen-bond donors (Lipinski definition) is 1. The summed E-state index contributed by atoms with van der Waals surface area (Å²) < 4.78 is 1.67. The molecule has 3 aromatic carbocycles. The fraction of sp³-hybridized carbons (Fsp3) is 0.351. The predicted molar refractivity (Wildman–Crippen MR) is 175 cm³/mol. The van der Waals surface area contributed by atoms with Gasteiger partial charge in [-0.3, -0.25) is 9.59 Å². The smallest absolute Gasteiger partial charge is 0.274 e. The number of rotatable bonds is 11. The number of nitrogens with zero attached hydrogens (tertiary/aromatic N) is 5. The van der Waals surface area contributed by atoms with E-state index in [1.165, 1.54) is 0 Å². The summed E-state index contributed by atoms with van der Waals surface area (Å²) in [6.45, 7) is 7.66. The van der Waals surface area contributed by atoms with Crippen LogP contribution in [0.3, 0.4) is 0 Å². The van der Waals surface area contributed by atoms with Crippen molar-refractivity contribution in [1.82, 2.24) is 19.6 Å². The van der Waals surface area contributed by atoms with Crippen molar-refractivity contribution in [2.24, 2.45) is 0 Å². The standard InChI is InChI=1S/C37H41N5O3/c1-4-6-18-40(19-7-5-2)37(45)34-20-26(3)42(39-34)35-17-16-28(32-15-11-10-13-29(32)23-38)22-33(35)36(44)41-24-30-14-9-8-12-27(30)21-31(41)25-43/h8-17,20,22,31,43H,4-7,18-19,21,24-25H2,1-3H3/t31-/m0/s1. The topological polar surface area (TPSA) is 102 Å². The highest BCUT2D eigenvalue weighted by Crippen LogP contribution is 2.31. The zero-order valence-corrected chi connectivity index (χ0v) is 26.4. The number of aliphatic hydroxyl groups is 1. The van der Waals surface area contributed by atoms with Crippen molar-refractivity contribution in [3.8, 4) is 22.9 Å². The van der Waals surface area contributed by atoms with Crippen molar-refractivity contribution in [1.29, 1.82) is 5.26 Å². The van der Waals surface area contributed by atoms with Crippen LogP contribution in [0.5, 0.6) is 0 Å². The van der Waals surface area contributed by atoms with Crippen molar-refractivity contribution in [2.75, 3.05) is 19.7 Å². The van der Waals surface area contributed by atoms with E-state index in [4.69, 9.17) is 5.10 Å². The average molecular weight is 604 g/mol. The molecule has 1 N–H and O–H groups in total. The Kier molecular flexibility index (Phi) is 10.1. The second kappa shape index (κ2) is 14.4. The van der Waals surface area contributed by atoms with E-state index >= 15 is 0 Å². The Morgan fingerprint density at radius 3 is 2.36 bits per heavy atom. The summed E-state index contributed by atoms with van der Waals surface area (Å²) in [5.74, 6) is -0.357. The first kappa shape index (κ1) is 31.7. The van der Waals surface area contributed by atoms with Gasteiger partial charge in [0.1, 0.15) is 0 Å². The minimum absolute atomic E-state index is 0.112. The highest BCUT2D eigenvalue weighted by molar-refractivity contribution is 6.00. The molecule has 232 valence electrons. The number of carbonyl (C=O) groups is 2. The number of aromatic nitrogens is 2. The molecule has 0 fully saturated rings. The van der Waals surface area contributed by atoms with E-state index in [9.17, 15) is 20.0 Å². The molecule has 1 aliphatic rings. The third-order valence-electron chi connectivity index (χ3n) is 8.60. The van der Waals surface area contributed by atoms with Crippen molar-refractivity contribution >= 4 is 11.8 Å². The van der Waals surface area contributed by atoms with Gasteiger partial charge in [-0.05, 0) is 72.7 Å². The third-order valence-corrected chi connectivity index (χ3v) is 8.60. The molecule has 0 saturated heterocycles. The molecule has 8 nitrogen and oxygen atoms in total. The molecule has 0 bridgehead atoms. The van der Waals surface area contributed by atoms with Crippen LogP contribution in [0.15, 0.2) is 72.8 Å². The summed E-state index contributed by atoms with van der Waals surface area (Å²) >= 11 is 0. The molecule has 45 heavy (non-hydrogen) atoms. The number of nitriles is 1. The number of benzene rings is 3. The molecule has 1 atom stereocenters. The summed E-state index contributed by atoms with van der Waals surface area (Å²) in [6.07, 6.45) is 4.38. The van der Waals surface area contributed by atoms with E-state index in [2.05, 4.69) is 19.9 Å². The van der Waals surface area contributed by atoms with Crippen LogP contribution in [0.25, 0.3) is 16.8 Å². The zero-order chi connectivity index (χ0) is 31.9. The van der Waals surface area contributed by atoms with E-state index in [1.54, 1.807) is 27.8 Å². The fourth-order valence-corrected chi connectivity index (χ4v) is 6.03. The summed E-state index contributed by atoms with van der Waals surface area (Å²) in [5.41, 5.74) is 6.12. The van der Waals surface area contributed by atoms with Crippen LogP contribution in [-0.2, 0) is 13.0 Å². The molecule has 1 aromatic heterocycles. The van der Waals surface area contributed by atoms with Gasteiger partial charge in [0.25, 0.3) is 11.8 Å². The maximum atomic E-state index is 14.5. The molecule has 5 rings (SSSR count). The lowest BCUT2D eigenvalue weighted by atomic mass is 9.92. The van der Waals surface area contributed by atoms with Gasteiger partial charge in [0, 0.05) is 25.3 Å². The van der Waals surface area contributed by atoms with Crippen LogP contribution in [-0.4, -0.2) is 62.2 Å². The zero-order valence-electron chi connectivity index (χ0n) is 26.4. The summed E-state index contributed by atoms with van der Waals surface area (Å²) in [4.78, 5) is 31.8. The minimum Gasteiger partial charge on any atom is -0.394 e. The SMILES string of the molecule is CCCCN(CCCC)C(=O)c1cc(C)n(-c2ccc(-c3ccccc3C#N)cc2C(=O)N2Cc3ccccc3C[C@H]2CO)n1. The Morgan fingerprint density at radius 1 is 0.978 bits per heavy atom. The fourth-order valence-electron chi connectivity index (χ4n) is 6.03. The summed E-state index contributed by atoms with van der Waals surface area (Å²) in [5, 5.41) is 24.9. The number of amides is 2. The van der Waals surface area contributed by atoms with E-state index in [0.717, 1.165) is 53.6 Å². The molecular formula is C37H41N5O3. The normalized spacial score (nSPS) is 14.1. The predicted octanol–water partition coefficient (Wildman–Crippen LogP) is 6.32. The molecule has 2 heterocycles. The Labute approximate surface area is 265 Å². The lowest BCUT2D eigenvalue weighted by Crippen LogP contribution is -2.46. The monoisotopic (exact) mass is 603 g/mol. The molecule has 0 saturated carbocycles. The van der Waals surface area contributed by atoms with Gasteiger partial charge in [0.05, 0.1) is 35.5 Å². The van der Waals surface area contributed by atoms with Gasteiger partial charge in [-0.1, -0.05) is 75.2 Å². The second-order valence-electron chi connectivity index (χ2n) is 11.7. The first-order valence-electron chi connectivity index (χ1n) is 15.9. The molecular weight excluding hydrogens is 562 g/mol. The molecule has 0 spiro atoms.